The molecule has 4 nitrogen and oxygen atoms in total. The van der Waals surface area contributed by atoms with Gasteiger partial charge in [0.1, 0.15) is 0 Å². The Balaban J connectivity index is 2.35. The van der Waals surface area contributed by atoms with Crippen molar-refractivity contribution in [3.05, 3.63) is 53.5 Å². The summed E-state index contributed by atoms with van der Waals surface area (Å²) in [7, 11) is 0. The summed E-state index contributed by atoms with van der Waals surface area (Å²) >= 11 is 0. The van der Waals surface area contributed by atoms with Crippen LogP contribution in [0.4, 0.5) is 0 Å². The van der Waals surface area contributed by atoms with Crippen LogP contribution in [0.3, 0.4) is 0 Å². The van der Waals surface area contributed by atoms with Gasteiger partial charge in [-0.15, -0.1) is 0 Å². The minimum absolute atomic E-state index is 0.428. The van der Waals surface area contributed by atoms with Crippen molar-refractivity contribution in [2.75, 3.05) is 0 Å². The van der Waals surface area contributed by atoms with Crippen LogP contribution in [0, 0.1) is 13.8 Å². The largest absolute Gasteiger partial charge is 0.325 e. The zero-order chi connectivity index (χ0) is 13.4. The van der Waals surface area contributed by atoms with Gasteiger partial charge in [-0.2, -0.15) is 5.10 Å². The molecule has 0 unspecified atom stereocenters. The summed E-state index contributed by atoms with van der Waals surface area (Å²) in [4.78, 5) is 4.64. The molecule has 3 rings (SSSR count). The summed E-state index contributed by atoms with van der Waals surface area (Å²) in [6.07, 6.45) is 0. The Bertz CT molecular complexity index is 743. The molecule has 0 atom stereocenters. The molecule has 0 aliphatic carbocycles. The van der Waals surface area contributed by atoms with Gasteiger partial charge in [-0.3, -0.25) is 0 Å². The summed E-state index contributed by atoms with van der Waals surface area (Å²) in [5.41, 5.74) is 8.68. The zero-order valence-electron chi connectivity index (χ0n) is 11.1. The van der Waals surface area contributed by atoms with Crippen molar-refractivity contribution < 1.29 is 0 Å². The average molecular weight is 252 g/mol. The molecule has 0 aliphatic heterocycles. The molecule has 19 heavy (non-hydrogen) atoms. The Morgan fingerprint density at radius 3 is 2.63 bits per heavy atom. The van der Waals surface area contributed by atoms with E-state index in [1.807, 2.05) is 42.8 Å². The van der Waals surface area contributed by atoms with Gasteiger partial charge in [0.15, 0.2) is 5.82 Å². The molecule has 0 spiro atoms. The Hall–Kier alpha value is -2.20. The third-order valence-electron chi connectivity index (χ3n) is 3.19. The fourth-order valence-corrected chi connectivity index (χ4v) is 2.34. The van der Waals surface area contributed by atoms with Gasteiger partial charge < -0.3 is 5.73 Å². The maximum atomic E-state index is 5.74. The molecule has 3 aromatic rings. The molecule has 0 radical (unpaired) electrons. The van der Waals surface area contributed by atoms with Gasteiger partial charge in [-0.05, 0) is 31.4 Å². The lowest BCUT2D eigenvalue weighted by molar-refractivity contribution is 0.802. The molecule has 1 aromatic carbocycles. The van der Waals surface area contributed by atoms with Gasteiger partial charge in [-0.1, -0.05) is 24.3 Å². The summed E-state index contributed by atoms with van der Waals surface area (Å²) < 4.78 is 1.89. The summed E-state index contributed by atoms with van der Waals surface area (Å²) in [5, 5.41) is 6.75. The van der Waals surface area contributed by atoms with Gasteiger partial charge in [0.05, 0.1) is 11.4 Å². The number of hydrogen-bond donors (Lipinski definition) is 1. The first kappa shape index (κ1) is 11.9. The van der Waals surface area contributed by atoms with E-state index in [4.69, 9.17) is 5.73 Å². The molecule has 0 saturated heterocycles. The van der Waals surface area contributed by atoms with Crippen molar-refractivity contribution in [3.63, 3.8) is 0 Å². The molecule has 4 heteroatoms. The summed E-state index contributed by atoms with van der Waals surface area (Å²) in [6.45, 7) is 4.45. The number of nitrogens with two attached hydrogens (primary N) is 1. The lowest BCUT2D eigenvalue weighted by Crippen LogP contribution is -2.07. The number of rotatable bonds is 2. The van der Waals surface area contributed by atoms with Crippen molar-refractivity contribution >= 4 is 10.8 Å². The number of nitrogens with zero attached hydrogens (tertiary/aromatic N) is 3. The minimum Gasteiger partial charge on any atom is -0.325 e. The topological polar surface area (TPSA) is 56.7 Å². The second-order valence-corrected chi connectivity index (χ2v) is 4.70. The van der Waals surface area contributed by atoms with Crippen LogP contribution >= 0.6 is 0 Å². The van der Waals surface area contributed by atoms with E-state index in [0.717, 1.165) is 33.7 Å². The number of aryl methyl sites for hydroxylation is 2. The fourth-order valence-electron chi connectivity index (χ4n) is 2.34. The van der Waals surface area contributed by atoms with E-state index in [2.05, 4.69) is 22.2 Å². The highest BCUT2D eigenvalue weighted by molar-refractivity contribution is 5.88. The molecular formula is C15H16N4. The predicted octanol–water partition coefficient (Wildman–Crippen LogP) is 2.50. The molecule has 2 heterocycles. The maximum Gasteiger partial charge on any atom is 0.161 e. The Labute approximate surface area is 111 Å². The van der Waals surface area contributed by atoms with Crippen LogP contribution in [0.15, 0.2) is 36.4 Å². The molecule has 96 valence electrons. The van der Waals surface area contributed by atoms with E-state index in [1.165, 1.54) is 0 Å². The highest BCUT2D eigenvalue weighted by Crippen LogP contribution is 2.22. The van der Waals surface area contributed by atoms with E-state index in [9.17, 15) is 0 Å². The van der Waals surface area contributed by atoms with Crippen LogP contribution in [0.1, 0.15) is 17.1 Å². The van der Waals surface area contributed by atoms with Gasteiger partial charge in [0.25, 0.3) is 0 Å². The third-order valence-corrected chi connectivity index (χ3v) is 3.19. The number of pyridine rings is 1. The number of benzene rings is 1. The molecule has 0 amide bonds. The number of hydrogen-bond acceptors (Lipinski definition) is 3. The molecule has 0 bridgehead atoms. The van der Waals surface area contributed by atoms with Crippen LogP contribution in [0.25, 0.3) is 16.6 Å². The second kappa shape index (κ2) is 4.48. The first-order valence-corrected chi connectivity index (χ1v) is 6.31. The van der Waals surface area contributed by atoms with Crippen molar-refractivity contribution in [2.24, 2.45) is 5.73 Å². The molecule has 2 N–H and O–H groups in total. The predicted molar refractivity (Wildman–Crippen MR) is 76.2 cm³/mol. The van der Waals surface area contributed by atoms with Gasteiger partial charge in [-0.25, -0.2) is 9.67 Å². The standard InChI is InChI=1S/C15H16N4/c1-10-7-11(2)19(18-10)15-14-6-4-3-5-12(14)8-13(9-16)17-15/h3-8H,9,16H2,1-2H3. The minimum atomic E-state index is 0.428. The first-order valence-electron chi connectivity index (χ1n) is 6.31. The first-order chi connectivity index (χ1) is 9.19. The van der Waals surface area contributed by atoms with Crippen molar-refractivity contribution in [2.45, 2.75) is 20.4 Å². The Morgan fingerprint density at radius 2 is 1.95 bits per heavy atom. The lowest BCUT2D eigenvalue weighted by atomic mass is 10.1. The van der Waals surface area contributed by atoms with Crippen molar-refractivity contribution in [1.29, 1.82) is 0 Å². The number of aromatic nitrogens is 3. The van der Waals surface area contributed by atoms with E-state index in [0.29, 0.717) is 6.54 Å². The highest BCUT2D eigenvalue weighted by atomic mass is 15.3. The normalized spacial score (nSPS) is 11.1. The summed E-state index contributed by atoms with van der Waals surface area (Å²) in [5.74, 6) is 0.851. The van der Waals surface area contributed by atoms with Crippen molar-refractivity contribution in [3.8, 4) is 5.82 Å². The van der Waals surface area contributed by atoms with Crippen LogP contribution in [0.5, 0.6) is 0 Å². The molecule has 0 fully saturated rings. The number of fused-ring (bicyclic) bond motifs is 1. The lowest BCUT2D eigenvalue weighted by Gasteiger charge is -2.10. The van der Waals surface area contributed by atoms with Gasteiger partial charge in [0, 0.05) is 17.6 Å². The third kappa shape index (κ3) is 2.00. The van der Waals surface area contributed by atoms with Crippen molar-refractivity contribution in [1.82, 2.24) is 14.8 Å². The van der Waals surface area contributed by atoms with E-state index < -0.39 is 0 Å². The molecular weight excluding hydrogens is 236 g/mol. The second-order valence-electron chi connectivity index (χ2n) is 4.70. The Morgan fingerprint density at radius 1 is 1.16 bits per heavy atom. The van der Waals surface area contributed by atoms with Gasteiger partial charge in [0.2, 0.25) is 0 Å². The SMILES string of the molecule is Cc1cc(C)n(-c2nc(CN)cc3ccccc23)n1. The molecule has 2 aromatic heterocycles. The monoisotopic (exact) mass is 252 g/mol. The fraction of sp³-hybridized carbons (Fsp3) is 0.200. The zero-order valence-corrected chi connectivity index (χ0v) is 11.1. The van der Waals surface area contributed by atoms with E-state index in [-0.39, 0.29) is 0 Å². The van der Waals surface area contributed by atoms with E-state index in [1.54, 1.807) is 0 Å². The Kier molecular flexibility index (Phi) is 2.80. The maximum absolute atomic E-state index is 5.74. The van der Waals surface area contributed by atoms with Gasteiger partial charge >= 0.3 is 0 Å². The average Bonchev–Trinajstić information content (AvgIpc) is 2.76. The highest BCUT2D eigenvalue weighted by Gasteiger charge is 2.10. The van der Waals surface area contributed by atoms with Crippen LogP contribution in [0.2, 0.25) is 0 Å². The van der Waals surface area contributed by atoms with E-state index >= 15 is 0 Å². The smallest absolute Gasteiger partial charge is 0.161 e. The van der Waals surface area contributed by atoms with Crippen LogP contribution in [-0.2, 0) is 6.54 Å². The summed E-state index contributed by atoms with van der Waals surface area (Å²) in [6, 6.07) is 12.3. The molecule has 0 aliphatic rings. The van der Waals surface area contributed by atoms with Crippen LogP contribution in [-0.4, -0.2) is 14.8 Å². The quantitative estimate of drug-likeness (QED) is 0.762. The van der Waals surface area contributed by atoms with Crippen LogP contribution < -0.4 is 5.73 Å². The molecule has 0 saturated carbocycles.